The molecule has 86 valence electrons. The number of alkyl halides is 1. The molecular weight excluding hydrogens is 228 g/mol. The van der Waals surface area contributed by atoms with Gasteiger partial charge < -0.3 is 10.3 Å². The van der Waals surface area contributed by atoms with Crippen molar-refractivity contribution in [3.63, 3.8) is 0 Å². The van der Waals surface area contributed by atoms with Gasteiger partial charge in [-0.1, -0.05) is 0 Å². The molecule has 0 unspecified atom stereocenters. The van der Waals surface area contributed by atoms with Gasteiger partial charge in [-0.3, -0.25) is 9.59 Å². The molecule has 2 N–H and O–H groups in total. The summed E-state index contributed by atoms with van der Waals surface area (Å²) in [5.74, 6) is 0.0472. The number of nitrogens with one attached hydrogen (secondary N) is 2. The second kappa shape index (κ2) is 4.29. The van der Waals surface area contributed by atoms with Crippen molar-refractivity contribution in [3.05, 3.63) is 34.2 Å². The van der Waals surface area contributed by atoms with E-state index in [0.717, 1.165) is 19.3 Å². The molecule has 1 aliphatic rings. The van der Waals surface area contributed by atoms with E-state index in [1.807, 2.05) is 0 Å². The highest BCUT2D eigenvalue weighted by Crippen LogP contribution is 2.32. The number of pyridine rings is 1. The Morgan fingerprint density at radius 2 is 2.31 bits per heavy atom. The largest absolute Gasteiger partial charge is 0.367 e. The van der Waals surface area contributed by atoms with E-state index in [-0.39, 0.29) is 22.4 Å². The average molecular weight is 241 g/mol. The van der Waals surface area contributed by atoms with Gasteiger partial charge in [0.25, 0.3) is 5.91 Å². The molecule has 0 aromatic carbocycles. The van der Waals surface area contributed by atoms with Crippen LogP contribution >= 0.6 is 11.6 Å². The first-order valence-corrected chi connectivity index (χ1v) is 5.76. The molecule has 0 aliphatic heterocycles. The van der Waals surface area contributed by atoms with E-state index < -0.39 is 0 Å². The van der Waals surface area contributed by atoms with Gasteiger partial charge in [-0.05, 0) is 19.3 Å². The van der Waals surface area contributed by atoms with Crippen molar-refractivity contribution in [3.8, 4) is 0 Å². The molecule has 4 nitrogen and oxygen atoms in total. The lowest BCUT2D eigenvalue weighted by Crippen LogP contribution is -2.55. The first-order chi connectivity index (χ1) is 7.67. The molecule has 0 radical (unpaired) electrons. The van der Waals surface area contributed by atoms with Crippen molar-refractivity contribution in [2.45, 2.75) is 24.8 Å². The minimum absolute atomic E-state index is 0.138. The zero-order valence-corrected chi connectivity index (χ0v) is 9.51. The monoisotopic (exact) mass is 240 g/mol. The van der Waals surface area contributed by atoms with E-state index in [1.165, 1.54) is 18.5 Å². The number of rotatable bonds is 3. The maximum absolute atomic E-state index is 11.8. The lowest BCUT2D eigenvalue weighted by molar-refractivity contribution is 0.0852. The molecule has 1 aromatic heterocycles. The Hall–Kier alpha value is -1.29. The predicted molar refractivity (Wildman–Crippen MR) is 61.8 cm³/mol. The van der Waals surface area contributed by atoms with E-state index in [4.69, 9.17) is 11.6 Å². The molecule has 1 aliphatic carbocycles. The number of carbonyl (C=O) groups is 1. The summed E-state index contributed by atoms with van der Waals surface area (Å²) in [5, 5.41) is 2.85. The summed E-state index contributed by atoms with van der Waals surface area (Å²) in [4.78, 5) is 26.0. The van der Waals surface area contributed by atoms with Crippen molar-refractivity contribution >= 4 is 17.5 Å². The molecule has 1 amide bonds. The molecule has 1 heterocycles. The summed E-state index contributed by atoms with van der Waals surface area (Å²) in [6.07, 6.45) is 5.75. The predicted octanol–water partition coefficient (Wildman–Crippen LogP) is 1.27. The van der Waals surface area contributed by atoms with Gasteiger partial charge in [-0.25, -0.2) is 0 Å². The number of halogens is 1. The van der Waals surface area contributed by atoms with Crippen LogP contribution in [-0.4, -0.2) is 22.3 Å². The molecule has 0 atom stereocenters. The van der Waals surface area contributed by atoms with Crippen LogP contribution in [0.1, 0.15) is 29.6 Å². The highest BCUT2D eigenvalue weighted by Gasteiger charge is 2.37. The maximum Gasteiger partial charge on any atom is 0.257 e. The lowest BCUT2D eigenvalue weighted by Gasteiger charge is -2.40. The van der Waals surface area contributed by atoms with Gasteiger partial charge in [0.15, 0.2) is 5.43 Å². The Labute approximate surface area is 98.0 Å². The Balaban J connectivity index is 2.15. The van der Waals surface area contributed by atoms with Crippen molar-refractivity contribution in [2.24, 2.45) is 0 Å². The van der Waals surface area contributed by atoms with E-state index >= 15 is 0 Å². The number of hydrogen-bond acceptors (Lipinski definition) is 2. The summed E-state index contributed by atoms with van der Waals surface area (Å²) in [6.45, 7) is 0. The van der Waals surface area contributed by atoms with Gasteiger partial charge in [0, 0.05) is 24.3 Å². The van der Waals surface area contributed by atoms with Gasteiger partial charge in [0.2, 0.25) is 0 Å². The quantitative estimate of drug-likeness (QED) is 0.782. The molecule has 1 aromatic rings. The summed E-state index contributed by atoms with van der Waals surface area (Å²) in [6, 6.07) is 1.34. The third-order valence-electron chi connectivity index (χ3n) is 3.01. The van der Waals surface area contributed by atoms with Crippen LogP contribution in [0, 0.1) is 0 Å². The van der Waals surface area contributed by atoms with E-state index in [9.17, 15) is 9.59 Å². The van der Waals surface area contributed by atoms with Gasteiger partial charge in [0.1, 0.15) is 5.56 Å². The van der Waals surface area contributed by atoms with E-state index in [0.29, 0.717) is 5.88 Å². The van der Waals surface area contributed by atoms with Crippen molar-refractivity contribution in [1.29, 1.82) is 0 Å². The summed E-state index contributed by atoms with van der Waals surface area (Å²) >= 11 is 5.83. The number of hydrogen-bond donors (Lipinski definition) is 2. The molecule has 0 bridgehead atoms. The fourth-order valence-corrected chi connectivity index (χ4v) is 2.13. The summed E-state index contributed by atoms with van der Waals surface area (Å²) < 4.78 is 0. The highest BCUT2D eigenvalue weighted by molar-refractivity contribution is 6.19. The Bertz CT molecular complexity index is 446. The molecular formula is C11H13ClN2O2. The van der Waals surface area contributed by atoms with Crippen LogP contribution in [0.15, 0.2) is 23.3 Å². The smallest absolute Gasteiger partial charge is 0.257 e. The summed E-state index contributed by atoms with van der Waals surface area (Å²) in [7, 11) is 0. The highest BCUT2D eigenvalue weighted by atomic mass is 35.5. The molecule has 2 rings (SSSR count). The number of aromatic nitrogens is 1. The van der Waals surface area contributed by atoms with Crippen LogP contribution in [0.4, 0.5) is 0 Å². The first kappa shape index (κ1) is 11.2. The zero-order valence-electron chi connectivity index (χ0n) is 8.75. The number of carbonyl (C=O) groups excluding carboxylic acids is 1. The standard InChI is InChI=1S/C11H13ClN2O2/c12-7-11(3-1-4-11)14-10(16)8-6-13-5-2-9(8)15/h2,5-6H,1,3-4,7H2,(H,13,15)(H,14,16). The maximum atomic E-state index is 11.8. The normalized spacial score (nSPS) is 17.6. The van der Waals surface area contributed by atoms with Crippen LogP contribution in [0.2, 0.25) is 0 Å². The topological polar surface area (TPSA) is 62.0 Å². The third kappa shape index (κ3) is 1.97. The van der Waals surface area contributed by atoms with E-state index in [2.05, 4.69) is 10.3 Å². The molecule has 0 saturated heterocycles. The minimum atomic E-state index is -0.345. The fourth-order valence-electron chi connectivity index (χ4n) is 1.80. The fraction of sp³-hybridized carbons (Fsp3) is 0.455. The number of aromatic amines is 1. The third-order valence-corrected chi connectivity index (χ3v) is 3.53. The van der Waals surface area contributed by atoms with Gasteiger partial charge in [-0.15, -0.1) is 11.6 Å². The Kier molecular flexibility index (Phi) is 3.01. The lowest BCUT2D eigenvalue weighted by atomic mass is 9.78. The van der Waals surface area contributed by atoms with Crippen LogP contribution in [0.3, 0.4) is 0 Å². The van der Waals surface area contributed by atoms with Crippen molar-refractivity contribution in [2.75, 3.05) is 5.88 Å². The van der Waals surface area contributed by atoms with Crippen LogP contribution in [0.25, 0.3) is 0 Å². The van der Waals surface area contributed by atoms with Gasteiger partial charge in [0.05, 0.1) is 5.54 Å². The second-order valence-electron chi connectivity index (χ2n) is 4.14. The first-order valence-electron chi connectivity index (χ1n) is 5.22. The van der Waals surface area contributed by atoms with Gasteiger partial charge in [-0.2, -0.15) is 0 Å². The number of amides is 1. The van der Waals surface area contributed by atoms with Gasteiger partial charge >= 0.3 is 0 Å². The molecule has 16 heavy (non-hydrogen) atoms. The Morgan fingerprint density at radius 3 is 2.81 bits per heavy atom. The van der Waals surface area contributed by atoms with Crippen molar-refractivity contribution in [1.82, 2.24) is 10.3 Å². The van der Waals surface area contributed by atoms with Crippen LogP contribution in [-0.2, 0) is 0 Å². The van der Waals surface area contributed by atoms with E-state index in [1.54, 1.807) is 0 Å². The number of H-pyrrole nitrogens is 1. The molecule has 5 heteroatoms. The zero-order chi connectivity index (χ0) is 11.6. The average Bonchev–Trinajstić information content (AvgIpc) is 2.24. The molecule has 0 spiro atoms. The molecule has 1 saturated carbocycles. The minimum Gasteiger partial charge on any atom is -0.367 e. The SMILES string of the molecule is O=C(NC1(CCl)CCC1)c1c[nH]ccc1=O. The second-order valence-corrected chi connectivity index (χ2v) is 4.41. The molecule has 1 fully saturated rings. The van der Waals surface area contributed by atoms with Crippen LogP contribution in [0.5, 0.6) is 0 Å². The van der Waals surface area contributed by atoms with Crippen LogP contribution < -0.4 is 10.7 Å². The Morgan fingerprint density at radius 1 is 1.56 bits per heavy atom. The van der Waals surface area contributed by atoms with Crippen molar-refractivity contribution < 1.29 is 4.79 Å². The summed E-state index contributed by atoms with van der Waals surface area (Å²) in [5.41, 5.74) is -0.444.